The van der Waals surface area contributed by atoms with Crippen LogP contribution in [0.1, 0.15) is 54.9 Å². The normalized spacial score (nSPS) is 14.6. The van der Waals surface area contributed by atoms with Gasteiger partial charge in [0, 0.05) is 11.6 Å². The molecule has 0 heterocycles. The first-order valence-electron chi connectivity index (χ1n) is 9.77. The van der Waals surface area contributed by atoms with Gasteiger partial charge in [0.25, 0.3) is 0 Å². The highest BCUT2D eigenvalue weighted by atomic mass is 16.5. The van der Waals surface area contributed by atoms with E-state index in [-0.39, 0.29) is 17.8 Å². The van der Waals surface area contributed by atoms with Crippen LogP contribution in [0.15, 0.2) is 42.5 Å². The lowest BCUT2D eigenvalue weighted by molar-refractivity contribution is -0.120. The Hall–Kier alpha value is -2.62. The molecule has 1 saturated carbocycles. The Bertz CT molecular complexity index is 805. The fraction of sp³-hybridized carbons (Fsp3) is 0.391. The molecule has 0 radical (unpaired) electrons. The predicted octanol–water partition coefficient (Wildman–Crippen LogP) is 5.36. The zero-order valence-corrected chi connectivity index (χ0v) is 16.1. The van der Waals surface area contributed by atoms with Crippen molar-refractivity contribution in [1.82, 2.24) is 0 Å². The number of hydrogen-bond acceptors (Lipinski definition) is 3. The highest BCUT2D eigenvalue weighted by Gasteiger charge is 2.21. The number of esters is 1. The van der Waals surface area contributed by atoms with E-state index >= 15 is 0 Å². The van der Waals surface area contributed by atoms with E-state index in [1.54, 1.807) is 19.1 Å². The summed E-state index contributed by atoms with van der Waals surface area (Å²) in [6.45, 7) is 4.20. The predicted molar refractivity (Wildman–Crippen MR) is 108 cm³/mol. The van der Waals surface area contributed by atoms with Crippen molar-refractivity contribution in [2.75, 3.05) is 11.9 Å². The number of amides is 1. The average Bonchev–Trinajstić information content (AvgIpc) is 2.70. The third-order valence-electron chi connectivity index (χ3n) is 5.19. The Balaban J connectivity index is 1.76. The number of ether oxygens (including phenoxy) is 1. The van der Waals surface area contributed by atoms with Crippen molar-refractivity contribution in [3.05, 3.63) is 53.6 Å². The lowest BCUT2D eigenvalue weighted by atomic mass is 9.88. The van der Waals surface area contributed by atoms with Gasteiger partial charge >= 0.3 is 5.97 Å². The minimum Gasteiger partial charge on any atom is -0.462 e. The van der Waals surface area contributed by atoms with E-state index in [2.05, 4.69) is 5.32 Å². The van der Waals surface area contributed by atoms with E-state index in [4.69, 9.17) is 4.74 Å². The molecule has 3 rings (SSSR count). The van der Waals surface area contributed by atoms with Gasteiger partial charge in [-0.05, 0) is 67.6 Å². The SMILES string of the molecule is CCOC(=O)c1ccc(-c2cc(NC(=O)C3CCCCC3)ccc2C)cc1. The standard InChI is InChI=1S/C23H27NO3/c1-3-27-23(26)19-12-10-17(11-13-19)21-15-20(14-9-16(21)2)24-22(25)18-7-5-4-6-8-18/h9-15,18H,3-8H2,1-2H3,(H,24,25). The topological polar surface area (TPSA) is 55.4 Å². The van der Waals surface area contributed by atoms with Crippen LogP contribution in [-0.2, 0) is 9.53 Å². The third-order valence-corrected chi connectivity index (χ3v) is 5.19. The van der Waals surface area contributed by atoms with Crippen LogP contribution >= 0.6 is 0 Å². The van der Waals surface area contributed by atoms with Gasteiger partial charge in [0.1, 0.15) is 0 Å². The highest BCUT2D eigenvalue weighted by Crippen LogP contribution is 2.29. The second-order valence-electron chi connectivity index (χ2n) is 7.15. The number of carbonyl (C=O) groups is 2. The molecule has 1 amide bonds. The fourth-order valence-corrected chi connectivity index (χ4v) is 3.62. The van der Waals surface area contributed by atoms with Crippen LogP contribution in [0.25, 0.3) is 11.1 Å². The number of rotatable bonds is 5. The molecule has 27 heavy (non-hydrogen) atoms. The second kappa shape index (κ2) is 8.85. The lowest BCUT2D eigenvalue weighted by Crippen LogP contribution is -2.24. The Morgan fingerprint density at radius 1 is 1.04 bits per heavy atom. The van der Waals surface area contributed by atoms with Crippen LogP contribution in [0.5, 0.6) is 0 Å². The molecule has 1 N–H and O–H groups in total. The molecule has 0 aromatic heterocycles. The van der Waals surface area contributed by atoms with Crippen molar-refractivity contribution in [2.24, 2.45) is 5.92 Å². The zero-order valence-electron chi connectivity index (χ0n) is 16.1. The van der Waals surface area contributed by atoms with Crippen LogP contribution in [0, 0.1) is 12.8 Å². The van der Waals surface area contributed by atoms with Gasteiger partial charge in [-0.25, -0.2) is 4.79 Å². The number of hydrogen-bond donors (Lipinski definition) is 1. The number of carbonyl (C=O) groups excluding carboxylic acids is 2. The van der Waals surface area contributed by atoms with E-state index in [1.807, 2.05) is 37.3 Å². The van der Waals surface area contributed by atoms with Crippen molar-refractivity contribution in [2.45, 2.75) is 46.0 Å². The quantitative estimate of drug-likeness (QED) is 0.726. The number of anilines is 1. The molecule has 0 bridgehead atoms. The fourth-order valence-electron chi connectivity index (χ4n) is 3.62. The first-order chi connectivity index (χ1) is 13.1. The van der Waals surface area contributed by atoms with Crippen LogP contribution in [0.3, 0.4) is 0 Å². The van der Waals surface area contributed by atoms with E-state index in [1.165, 1.54) is 6.42 Å². The summed E-state index contributed by atoms with van der Waals surface area (Å²) >= 11 is 0. The van der Waals surface area contributed by atoms with Crippen molar-refractivity contribution in [3.63, 3.8) is 0 Å². The molecule has 0 aliphatic heterocycles. The van der Waals surface area contributed by atoms with Crippen LogP contribution in [0.2, 0.25) is 0 Å². The molecular weight excluding hydrogens is 338 g/mol. The minimum absolute atomic E-state index is 0.127. The molecule has 2 aromatic rings. The van der Waals surface area contributed by atoms with Crippen molar-refractivity contribution in [3.8, 4) is 11.1 Å². The van der Waals surface area contributed by atoms with Crippen molar-refractivity contribution in [1.29, 1.82) is 0 Å². The van der Waals surface area contributed by atoms with Gasteiger partial charge in [-0.3, -0.25) is 4.79 Å². The molecule has 1 aliphatic carbocycles. The van der Waals surface area contributed by atoms with E-state index < -0.39 is 0 Å². The maximum Gasteiger partial charge on any atom is 0.338 e. The minimum atomic E-state index is -0.311. The average molecular weight is 365 g/mol. The third kappa shape index (κ3) is 4.76. The Morgan fingerprint density at radius 2 is 1.74 bits per heavy atom. The second-order valence-corrected chi connectivity index (χ2v) is 7.15. The summed E-state index contributed by atoms with van der Waals surface area (Å²) in [5, 5.41) is 3.08. The molecular formula is C23H27NO3. The number of nitrogens with one attached hydrogen (secondary N) is 1. The van der Waals surface area contributed by atoms with E-state index in [0.717, 1.165) is 48.1 Å². The largest absolute Gasteiger partial charge is 0.462 e. The smallest absolute Gasteiger partial charge is 0.338 e. The molecule has 4 heteroatoms. The summed E-state index contributed by atoms with van der Waals surface area (Å²) in [5.74, 6) is -0.0520. The van der Waals surface area contributed by atoms with Gasteiger partial charge in [0.05, 0.1) is 12.2 Å². The molecule has 0 atom stereocenters. The van der Waals surface area contributed by atoms with E-state index in [0.29, 0.717) is 12.2 Å². The molecule has 4 nitrogen and oxygen atoms in total. The molecule has 2 aromatic carbocycles. The molecule has 0 spiro atoms. The summed E-state index contributed by atoms with van der Waals surface area (Å²) in [7, 11) is 0. The van der Waals surface area contributed by atoms with Gasteiger partial charge in [-0.15, -0.1) is 0 Å². The van der Waals surface area contributed by atoms with Crippen molar-refractivity contribution >= 4 is 17.6 Å². The molecule has 0 unspecified atom stereocenters. The van der Waals surface area contributed by atoms with Crippen LogP contribution in [0.4, 0.5) is 5.69 Å². The maximum absolute atomic E-state index is 12.5. The van der Waals surface area contributed by atoms with Gasteiger partial charge in [-0.2, -0.15) is 0 Å². The van der Waals surface area contributed by atoms with Crippen LogP contribution < -0.4 is 5.32 Å². The highest BCUT2D eigenvalue weighted by molar-refractivity contribution is 5.94. The molecule has 1 fully saturated rings. The summed E-state index contributed by atoms with van der Waals surface area (Å²) in [4.78, 5) is 24.3. The Kier molecular flexibility index (Phi) is 6.28. The van der Waals surface area contributed by atoms with Gasteiger partial charge in [-0.1, -0.05) is 37.5 Å². The van der Waals surface area contributed by atoms with Crippen LogP contribution in [-0.4, -0.2) is 18.5 Å². The van der Waals surface area contributed by atoms with Gasteiger partial charge < -0.3 is 10.1 Å². The molecule has 0 saturated heterocycles. The number of benzene rings is 2. The van der Waals surface area contributed by atoms with Crippen molar-refractivity contribution < 1.29 is 14.3 Å². The summed E-state index contributed by atoms with van der Waals surface area (Å²) in [6.07, 6.45) is 5.49. The number of aryl methyl sites for hydroxylation is 1. The van der Waals surface area contributed by atoms with Gasteiger partial charge in [0.2, 0.25) is 5.91 Å². The monoisotopic (exact) mass is 365 g/mol. The Labute approximate surface area is 160 Å². The van der Waals surface area contributed by atoms with Gasteiger partial charge in [0.15, 0.2) is 0 Å². The zero-order chi connectivity index (χ0) is 19.2. The molecule has 1 aliphatic rings. The first-order valence-corrected chi connectivity index (χ1v) is 9.77. The summed E-state index contributed by atoms with van der Waals surface area (Å²) in [5.41, 5.74) is 4.54. The lowest BCUT2D eigenvalue weighted by Gasteiger charge is -2.21. The molecule has 142 valence electrons. The maximum atomic E-state index is 12.5. The van der Waals surface area contributed by atoms with E-state index in [9.17, 15) is 9.59 Å². The summed E-state index contributed by atoms with van der Waals surface area (Å²) in [6, 6.07) is 13.4. The first kappa shape index (κ1) is 19.2. The Morgan fingerprint density at radius 3 is 2.41 bits per heavy atom. The summed E-state index contributed by atoms with van der Waals surface area (Å²) < 4.78 is 5.03.